The summed E-state index contributed by atoms with van der Waals surface area (Å²) in [5.41, 5.74) is 0.973. The maximum Gasteiger partial charge on any atom is 0.416 e. The number of hydrogen-bond acceptors (Lipinski definition) is 6. The fourth-order valence-electron chi connectivity index (χ4n) is 4.13. The molecule has 0 radical (unpaired) electrons. The van der Waals surface area contributed by atoms with Crippen molar-refractivity contribution in [3.8, 4) is 5.88 Å². The van der Waals surface area contributed by atoms with Crippen molar-refractivity contribution in [2.75, 3.05) is 12.4 Å². The predicted molar refractivity (Wildman–Crippen MR) is 132 cm³/mol. The number of alkyl halides is 3. The number of halogens is 4. The summed E-state index contributed by atoms with van der Waals surface area (Å²) in [7, 11) is 1.46. The second-order valence-electron chi connectivity index (χ2n) is 8.49. The van der Waals surface area contributed by atoms with Crippen molar-refractivity contribution in [1.82, 2.24) is 20.5 Å². The molecular weight excluding hydrogens is 504 g/mol. The second kappa shape index (κ2) is 9.61. The van der Waals surface area contributed by atoms with Gasteiger partial charge >= 0.3 is 6.18 Å². The number of anilines is 1. The molecule has 3 N–H and O–H groups in total. The number of aliphatic imine (C=N–C) groups is 1. The summed E-state index contributed by atoms with van der Waals surface area (Å²) in [4.78, 5) is 22.2. The number of benzene rings is 2. The first-order valence-corrected chi connectivity index (χ1v) is 11.3. The first kappa shape index (κ1) is 24.9. The van der Waals surface area contributed by atoms with E-state index in [9.17, 15) is 22.4 Å². The zero-order chi connectivity index (χ0) is 27.0. The molecule has 3 heterocycles. The van der Waals surface area contributed by atoms with Crippen molar-refractivity contribution in [3.63, 3.8) is 0 Å². The van der Waals surface area contributed by atoms with E-state index in [2.05, 4.69) is 30.8 Å². The molecule has 0 aliphatic carbocycles. The number of amides is 1. The second-order valence-corrected chi connectivity index (χ2v) is 8.49. The monoisotopic (exact) mass is 524 g/mol. The van der Waals surface area contributed by atoms with Crippen molar-refractivity contribution in [3.05, 3.63) is 94.7 Å². The van der Waals surface area contributed by atoms with Crippen LogP contribution in [0.2, 0.25) is 0 Å². The minimum atomic E-state index is -4.52. The molecule has 0 saturated heterocycles. The average Bonchev–Trinajstić information content (AvgIpc) is 3.35. The van der Waals surface area contributed by atoms with Crippen molar-refractivity contribution in [2.45, 2.75) is 19.1 Å². The predicted octanol–water partition coefficient (Wildman–Crippen LogP) is 5.13. The number of hydrogen-bond donors (Lipinski definition) is 3. The number of amidine groups is 1. The Kier molecular flexibility index (Phi) is 6.31. The van der Waals surface area contributed by atoms with Gasteiger partial charge < -0.3 is 15.4 Å². The van der Waals surface area contributed by atoms with Crippen LogP contribution < -0.4 is 15.4 Å². The highest BCUT2D eigenvalue weighted by molar-refractivity contribution is 6.09. The standard InChI is InChI=1S/C26H20F4N6O2/c1-13-22(25(37)34-20-9-16-12-32-36-19(16)11-18(20)27)23(14-3-5-17(6-4-14)26(28,29)30)35-24(33-13)15-7-8-31-21(10-15)38-2/h3-12,23H,1-2H3,(H,32,36)(H,33,35)(H,34,37). The van der Waals surface area contributed by atoms with Crippen LogP contribution in [0.3, 0.4) is 0 Å². The maximum absolute atomic E-state index is 14.7. The van der Waals surface area contributed by atoms with Gasteiger partial charge in [-0.1, -0.05) is 12.1 Å². The lowest BCUT2D eigenvalue weighted by molar-refractivity contribution is -0.137. The summed E-state index contributed by atoms with van der Waals surface area (Å²) in [5.74, 6) is -0.669. The van der Waals surface area contributed by atoms with Crippen LogP contribution in [0.25, 0.3) is 10.9 Å². The first-order valence-electron chi connectivity index (χ1n) is 11.3. The summed E-state index contributed by atoms with van der Waals surface area (Å²) in [6.07, 6.45) is -1.52. The third-order valence-corrected chi connectivity index (χ3v) is 6.03. The number of pyridine rings is 1. The highest BCUT2D eigenvalue weighted by Crippen LogP contribution is 2.35. The van der Waals surface area contributed by atoms with Crippen LogP contribution in [-0.4, -0.2) is 34.0 Å². The van der Waals surface area contributed by atoms with Crippen molar-refractivity contribution in [1.29, 1.82) is 0 Å². The molecule has 38 heavy (non-hydrogen) atoms. The molecule has 1 aliphatic rings. The Labute approximate surface area is 213 Å². The first-order chi connectivity index (χ1) is 18.1. The molecule has 2 aromatic heterocycles. The Morgan fingerprint density at radius 3 is 2.58 bits per heavy atom. The van der Waals surface area contributed by atoms with Crippen LogP contribution in [0, 0.1) is 5.82 Å². The Bertz CT molecular complexity index is 1590. The van der Waals surface area contributed by atoms with Gasteiger partial charge in [-0.25, -0.2) is 9.37 Å². The van der Waals surface area contributed by atoms with Crippen LogP contribution in [0.15, 0.2) is 77.2 Å². The van der Waals surface area contributed by atoms with Crippen LogP contribution in [-0.2, 0) is 11.0 Å². The van der Waals surface area contributed by atoms with E-state index in [1.165, 1.54) is 43.8 Å². The molecule has 12 heteroatoms. The van der Waals surface area contributed by atoms with Gasteiger partial charge in [0.15, 0.2) is 0 Å². The highest BCUT2D eigenvalue weighted by atomic mass is 19.4. The molecule has 1 unspecified atom stereocenters. The quantitative estimate of drug-likeness (QED) is 0.314. The molecule has 0 saturated carbocycles. The molecule has 5 rings (SSSR count). The molecule has 194 valence electrons. The van der Waals surface area contributed by atoms with Crippen molar-refractivity contribution >= 4 is 28.3 Å². The third kappa shape index (κ3) is 4.80. The Morgan fingerprint density at radius 1 is 1.11 bits per heavy atom. The number of allylic oxidation sites excluding steroid dienone is 1. The van der Waals surface area contributed by atoms with Crippen molar-refractivity contribution < 1.29 is 27.1 Å². The lowest BCUT2D eigenvalue weighted by Crippen LogP contribution is -2.34. The number of nitrogens with one attached hydrogen (secondary N) is 3. The summed E-state index contributed by atoms with van der Waals surface area (Å²) < 4.78 is 59.4. The number of H-pyrrole nitrogens is 1. The van der Waals surface area contributed by atoms with E-state index in [1.807, 2.05) is 0 Å². The molecule has 2 aromatic carbocycles. The molecule has 4 aromatic rings. The van der Waals surface area contributed by atoms with E-state index in [1.54, 1.807) is 19.1 Å². The normalized spacial score (nSPS) is 15.7. The molecule has 1 atom stereocenters. The minimum absolute atomic E-state index is 0.0796. The SMILES string of the molecule is COc1cc(C2=NC(c3ccc(C(F)(F)F)cc3)C(C(=O)Nc3cc4cn[nH]c4cc3F)=C(C)N2)ccn1. The molecule has 0 spiro atoms. The molecule has 8 nitrogen and oxygen atoms in total. The number of methoxy groups -OCH3 is 1. The number of carbonyl (C=O) groups excluding carboxylic acids is 1. The summed E-state index contributed by atoms with van der Waals surface area (Å²) >= 11 is 0. The van der Waals surface area contributed by atoms with Crippen LogP contribution in [0.5, 0.6) is 5.88 Å². The summed E-state index contributed by atoms with van der Waals surface area (Å²) in [6, 6.07) is 9.35. The zero-order valence-corrected chi connectivity index (χ0v) is 20.0. The minimum Gasteiger partial charge on any atom is -0.481 e. The number of ether oxygens (including phenoxy) is 1. The van der Waals surface area contributed by atoms with Gasteiger partial charge in [0.25, 0.3) is 5.91 Å². The number of nitrogens with zero attached hydrogens (tertiary/aromatic N) is 3. The Hall–Kier alpha value is -4.74. The van der Waals surface area contributed by atoms with Gasteiger partial charge in [0, 0.05) is 35.0 Å². The van der Waals surface area contributed by atoms with Crippen molar-refractivity contribution in [2.24, 2.45) is 4.99 Å². The van der Waals surface area contributed by atoms with E-state index < -0.39 is 29.5 Å². The summed E-state index contributed by atoms with van der Waals surface area (Å²) in [5, 5.41) is 12.7. The van der Waals surface area contributed by atoms with E-state index in [-0.39, 0.29) is 11.3 Å². The Balaban J connectivity index is 1.55. The van der Waals surface area contributed by atoms with E-state index in [4.69, 9.17) is 4.74 Å². The summed E-state index contributed by atoms with van der Waals surface area (Å²) in [6.45, 7) is 1.63. The van der Waals surface area contributed by atoms with Crippen LogP contribution >= 0.6 is 0 Å². The molecule has 1 aliphatic heterocycles. The number of rotatable bonds is 5. The number of aromatic amines is 1. The van der Waals surface area contributed by atoms with E-state index >= 15 is 0 Å². The smallest absolute Gasteiger partial charge is 0.416 e. The maximum atomic E-state index is 14.7. The van der Waals surface area contributed by atoms with Gasteiger partial charge in [-0.2, -0.15) is 18.3 Å². The number of fused-ring (bicyclic) bond motifs is 1. The highest BCUT2D eigenvalue weighted by Gasteiger charge is 2.33. The fraction of sp³-hybridized carbons (Fsp3) is 0.154. The van der Waals surface area contributed by atoms with E-state index in [0.717, 1.165) is 12.1 Å². The van der Waals surface area contributed by atoms with Gasteiger partial charge in [-0.05, 0) is 36.8 Å². The lowest BCUT2D eigenvalue weighted by Gasteiger charge is -2.27. The van der Waals surface area contributed by atoms with Crippen LogP contribution in [0.4, 0.5) is 23.2 Å². The molecule has 0 bridgehead atoms. The lowest BCUT2D eigenvalue weighted by atomic mass is 9.94. The van der Waals surface area contributed by atoms with Gasteiger partial charge in [-0.15, -0.1) is 0 Å². The van der Waals surface area contributed by atoms with Crippen LogP contribution in [0.1, 0.15) is 29.7 Å². The number of carbonyl (C=O) groups is 1. The fourth-order valence-corrected chi connectivity index (χ4v) is 4.13. The van der Waals surface area contributed by atoms with Gasteiger partial charge in [0.2, 0.25) is 5.88 Å². The molecule has 1 amide bonds. The van der Waals surface area contributed by atoms with Gasteiger partial charge in [0.05, 0.1) is 35.6 Å². The molecular formula is C26H20F4N6O2. The van der Waals surface area contributed by atoms with Gasteiger partial charge in [0.1, 0.15) is 17.7 Å². The molecule has 0 fully saturated rings. The Morgan fingerprint density at radius 2 is 1.87 bits per heavy atom. The third-order valence-electron chi connectivity index (χ3n) is 6.03. The topological polar surface area (TPSA) is 104 Å². The zero-order valence-electron chi connectivity index (χ0n) is 20.0. The largest absolute Gasteiger partial charge is 0.481 e. The number of aromatic nitrogens is 3. The van der Waals surface area contributed by atoms with Gasteiger partial charge in [-0.3, -0.25) is 14.9 Å². The van der Waals surface area contributed by atoms with E-state index in [0.29, 0.717) is 39.4 Å². The average molecular weight is 524 g/mol.